The Morgan fingerprint density at radius 2 is 1.79 bits per heavy atom. The lowest BCUT2D eigenvalue weighted by molar-refractivity contribution is -0.150. The van der Waals surface area contributed by atoms with Gasteiger partial charge in [0.05, 0.1) is 5.25 Å². The topological polar surface area (TPSA) is 97.8 Å². The number of thioether (sulfide) groups is 1. The van der Waals surface area contributed by atoms with Gasteiger partial charge in [-0.1, -0.05) is 67.2 Å². The summed E-state index contributed by atoms with van der Waals surface area (Å²) in [7, 11) is 0. The fraction of sp³-hybridized carbons (Fsp3) is 0.269. The molecule has 0 bridgehead atoms. The summed E-state index contributed by atoms with van der Waals surface area (Å²) in [6, 6.07) is 20.4. The smallest absolute Gasteiger partial charge is 0.286 e. The van der Waals surface area contributed by atoms with Crippen molar-refractivity contribution in [2.45, 2.75) is 37.4 Å². The molecule has 8 heteroatoms. The molecule has 1 aliphatic rings. The average molecular weight is 479 g/mol. The van der Waals surface area contributed by atoms with Crippen molar-refractivity contribution >= 4 is 22.9 Å². The van der Waals surface area contributed by atoms with E-state index in [1.807, 2.05) is 61.5 Å². The Hall–Kier alpha value is -3.20. The Morgan fingerprint density at radius 3 is 2.41 bits per heavy atom. The Kier molecular flexibility index (Phi) is 7.95. The zero-order valence-corrected chi connectivity index (χ0v) is 19.5. The van der Waals surface area contributed by atoms with Gasteiger partial charge in [0.15, 0.2) is 6.29 Å². The number of hydrogen-bond acceptors (Lipinski definition) is 7. The number of benzene rings is 2. The second-order valence-corrected chi connectivity index (χ2v) is 9.04. The molecule has 4 rings (SSSR count). The van der Waals surface area contributed by atoms with Crippen molar-refractivity contribution in [2.24, 2.45) is 0 Å². The largest absolute Gasteiger partial charge is 0.491 e. The van der Waals surface area contributed by atoms with Gasteiger partial charge in [-0.15, -0.1) is 0 Å². The van der Waals surface area contributed by atoms with E-state index in [1.165, 1.54) is 0 Å². The van der Waals surface area contributed by atoms with Crippen molar-refractivity contribution in [1.82, 2.24) is 10.3 Å². The molecule has 1 aromatic heterocycles. The van der Waals surface area contributed by atoms with E-state index in [0.29, 0.717) is 17.7 Å². The first-order chi connectivity index (χ1) is 16.5. The van der Waals surface area contributed by atoms with Crippen LogP contribution in [0.3, 0.4) is 0 Å². The molecule has 2 heterocycles. The van der Waals surface area contributed by atoms with Crippen LogP contribution in [0.2, 0.25) is 0 Å². The highest BCUT2D eigenvalue weighted by Crippen LogP contribution is 2.27. The SMILES string of the molecule is CCc1ccc(C(COc2ccc(CC3SC(=O)NC3=O)cc2)OC(O)c2ccccc2)cn1. The first-order valence-corrected chi connectivity index (χ1v) is 12.0. The number of aliphatic hydroxyl groups excluding tert-OH is 1. The fourth-order valence-corrected chi connectivity index (χ4v) is 4.40. The van der Waals surface area contributed by atoms with Crippen molar-refractivity contribution in [3.05, 3.63) is 95.3 Å². The molecule has 7 nitrogen and oxygen atoms in total. The average Bonchev–Trinajstić information content (AvgIpc) is 3.19. The van der Waals surface area contributed by atoms with Crippen molar-refractivity contribution in [3.63, 3.8) is 0 Å². The van der Waals surface area contributed by atoms with Gasteiger partial charge in [0, 0.05) is 23.0 Å². The third-order valence-electron chi connectivity index (χ3n) is 5.47. The molecular weight excluding hydrogens is 452 g/mol. The normalized spacial score (nSPS) is 17.3. The number of ether oxygens (including phenoxy) is 2. The number of rotatable bonds is 10. The molecule has 1 aliphatic heterocycles. The second kappa shape index (κ2) is 11.3. The molecule has 3 atom stereocenters. The van der Waals surface area contributed by atoms with Crippen LogP contribution in [0.25, 0.3) is 0 Å². The molecule has 0 aliphatic carbocycles. The summed E-state index contributed by atoms with van der Waals surface area (Å²) >= 11 is 1.01. The molecule has 0 radical (unpaired) electrons. The maximum atomic E-state index is 11.8. The van der Waals surface area contributed by atoms with Crippen molar-refractivity contribution in [2.75, 3.05) is 6.61 Å². The van der Waals surface area contributed by atoms with E-state index in [-0.39, 0.29) is 17.8 Å². The Balaban J connectivity index is 1.42. The van der Waals surface area contributed by atoms with E-state index in [0.717, 1.165) is 35.0 Å². The maximum absolute atomic E-state index is 11.8. The number of amides is 2. The van der Waals surface area contributed by atoms with Gasteiger partial charge in [-0.2, -0.15) is 0 Å². The number of imide groups is 1. The van der Waals surface area contributed by atoms with Gasteiger partial charge in [-0.05, 0) is 36.6 Å². The van der Waals surface area contributed by atoms with Crippen LogP contribution in [0.4, 0.5) is 4.79 Å². The van der Waals surface area contributed by atoms with Crippen LogP contribution in [0.15, 0.2) is 72.9 Å². The zero-order valence-electron chi connectivity index (χ0n) is 18.7. The molecule has 0 spiro atoms. The first kappa shape index (κ1) is 23.9. The van der Waals surface area contributed by atoms with Gasteiger partial charge in [0.25, 0.3) is 5.24 Å². The van der Waals surface area contributed by atoms with E-state index in [2.05, 4.69) is 10.3 Å². The van der Waals surface area contributed by atoms with Crippen LogP contribution in [-0.4, -0.2) is 33.1 Å². The summed E-state index contributed by atoms with van der Waals surface area (Å²) < 4.78 is 11.9. The molecule has 34 heavy (non-hydrogen) atoms. The van der Waals surface area contributed by atoms with Gasteiger partial charge >= 0.3 is 0 Å². The standard InChI is InChI=1S/C26H26N2O5S/c1-2-20-11-10-19(15-27-20)22(33-25(30)18-6-4-3-5-7-18)16-32-21-12-8-17(9-13-21)14-23-24(29)28-26(31)34-23/h3-13,15,22-23,25,30H,2,14,16H2,1H3,(H,28,29,31). The van der Waals surface area contributed by atoms with Gasteiger partial charge in [-0.25, -0.2) is 0 Å². The predicted molar refractivity (Wildman–Crippen MR) is 129 cm³/mol. The third-order valence-corrected chi connectivity index (χ3v) is 6.45. The van der Waals surface area contributed by atoms with E-state index >= 15 is 0 Å². The summed E-state index contributed by atoms with van der Waals surface area (Å²) in [4.78, 5) is 27.6. The zero-order chi connectivity index (χ0) is 23.9. The predicted octanol–water partition coefficient (Wildman–Crippen LogP) is 4.37. The molecule has 1 fully saturated rings. The maximum Gasteiger partial charge on any atom is 0.286 e. The lowest BCUT2D eigenvalue weighted by Gasteiger charge is -2.22. The highest BCUT2D eigenvalue weighted by molar-refractivity contribution is 8.15. The van der Waals surface area contributed by atoms with E-state index in [9.17, 15) is 14.7 Å². The van der Waals surface area contributed by atoms with E-state index in [4.69, 9.17) is 9.47 Å². The van der Waals surface area contributed by atoms with E-state index in [1.54, 1.807) is 18.3 Å². The molecule has 2 amide bonds. The lowest BCUT2D eigenvalue weighted by Crippen LogP contribution is -2.25. The molecular formula is C26H26N2O5S. The summed E-state index contributed by atoms with van der Waals surface area (Å²) in [6.45, 7) is 2.21. The van der Waals surface area contributed by atoms with Crippen molar-refractivity contribution in [3.8, 4) is 5.75 Å². The van der Waals surface area contributed by atoms with Gasteiger partial charge in [0.1, 0.15) is 18.5 Å². The monoisotopic (exact) mass is 478 g/mol. The fourth-order valence-electron chi connectivity index (χ4n) is 3.54. The Morgan fingerprint density at radius 1 is 1.03 bits per heavy atom. The molecule has 3 aromatic rings. The highest BCUT2D eigenvalue weighted by Gasteiger charge is 2.31. The molecule has 176 valence electrons. The van der Waals surface area contributed by atoms with Crippen molar-refractivity contribution in [1.29, 1.82) is 0 Å². The van der Waals surface area contributed by atoms with Gasteiger partial charge in [-0.3, -0.25) is 19.9 Å². The highest BCUT2D eigenvalue weighted by atomic mass is 32.2. The third kappa shape index (κ3) is 6.22. The Labute approximate surface area is 202 Å². The minimum Gasteiger partial charge on any atom is -0.491 e. The summed E-state index contributed by atoms with van der Waals surface area (Å²) in [5.74, 6) is 0.374. The van der Waals surface area contributed by atoms with Crippen LogP contribution in [0, 0.1) is 0 Å². The lowest BCUT2D eigenvalue weighted by atomic mass is 10.1. The summed E-state index contributed by atoms with van der Waals surface area (Å²) in [5, 5.41) is 12.2. The number of nitrogens with zero attached hydrogens (tertiary/aromatic N) is 1. The van der Waals surface area contributed by atoms with Crippen LogP contribution < -0.4 is 10.1 Å². The summed E-state index contributed by atoms with van der Waals surface area (Å²) in [6.07, 6.45) is 1.39. The number of aromatic nitrogens is 1. The number of aryl methyl sites for hydroxylation is 1. The van der Waals surface area contributed by atoms with Crippen LogP contribution in [0.5, 0.6) is 5.75 Å². The molecule has 0 saturated carbocycles. The second-order valence-electron chi connectivity index (χ2n) is 7.87. The molecule has 2 aromatic carbocycles. The number of pyridine rings is 1. The number of carbonyl (C=O) groups is 2. The number of carbonyl (C=O) groups excluding carboxylic acids is 2. The minimum atomic E-state index is -1.11. The van der Waals surface area contributed by atoms with Crippen LogP contribution >= 0.6 is 11.8 Å². The number of nitrogens with one attached hydrogen (secondary N) is 1. The Bertz CT molecular complexity index is 1110. The molecule has 2 N–H and O–H groups in total. The quantitative estimate of drug-likeness (QED) is 0.418. The minimum absolute atomic E-state index is 0.172. The summed E-state index contributed by atoms with van der Waals surface area (Å²) in [5.41, 5.74) is 3.36. The van der Waals surface area contributed by atoms with Gasteiger partial charge in [0.2, 0.25) is 5.91 Å². The first-order valence-electron chi connectivity index (χ1n) is 11.1. The van der Waals surface area contributed by atoms with Crippen molar-refractivity contribution < 1.29 is 24.2 Å². The van der Waals surface area contributed by atoms with E-state index < -0.39 is 17.6 Å². The molecule has 3 unspecified atom stereocenters. The van der Waals surface area contributed by atoms with Gasteiger partial charge < -0.3 is 14.6 Å². The number of aliphatic hydroxyl groups is 1. The molecule has 1 saturated heterocycles. The number of hydrogen-bond donors (Lipinski definition) is 2. The van der Waals surface area contributed by atoms with Crippen LogP contribution in [0.1, 0.15) is 41.7 Å². The van der Waals surface area contributed by atoms with Crippen LogP contribution in [-0.2, 0) is 22.4 Å².